The second-order valence-electron chi connectivity index (χ2n) is 4.15. The quantitative estimate of drug-likeness (QED) is 0.763. The number of carbonyl (C=O) groups is 1. The Morgan fingerprint density at radius 1 is 1.32 bits per heavy atom. The summed E-state index contributed by atoms with van der Waals surface area (Å²) in [7, 11) is 0. The lowest BCUT2D eigenvalue weighted by atomic mass is 10.2. The summed E-state index contributed by atoms with van der Waals surface area (Å²) in [5.74, 6) is 0.327. The molecule has 0 radical (unpaired) electrons. The molecule has 0 saturated carbocycles. The van der Waals surface area contributed by atoms with Crippen molar-refractivity contribution in [1.82, 2.24) is 0 Å². The van der Waals surface area contributed by atoms with E-state index >= 15 is 0 Å². The number of esters is 1. The molecule has 0 bridgehead atoms. The van der Waals surface area contributed by atoms with Crippen molar-refractivity contribution in [1.29, 1.82) is 0 Å². The highest BCUT2D eigenvalue weighted by Gasteiger charge is 2.19. The second kappa shape index (κ2) is 7.11. The Morgan fingerprint density at radius 2 is 2.11 bits per heavy atom. The maximum Gasteiger partial charge on any atom is 0.340 e. The Hall–Kier alpha value is -1.59. The Bertz CT molecular complexity index is 395. The minimum atomic E-state index is -0.614. The van der Waals surface area contributed by atoms with Crippen molar-refractivity contribution >= 4 is 5.97 Å². The summed E-state index contributed by atoms with van der Waals surface area (Å²) in [5, 5.41) is 0. The zero-order chi connectivity index (χ0) is 13.5. The monoisotopic (exact) mass is 266 g/mol. The van der Waals surface area contributed by atoms with Gasteiger partial charge in [0.25, 0.3) is 0 Å². The van der Waals surface area contributed by atoms with Gasteiger partial charge in [0.15, 0.2) is 0 Å². The summed E-state index contributed by atoms with van der Waals surface area (Å²) in [6.45, 7) is 3.97. The topological polar surface area (TPSA) is 54.0 Å². The molecule has 5 nitrogen and oxygen atoms in total. The van der Waals surface area contributed by atoms with Gasteiger partial charge in [-0.25, -0.2) is 4.79 Å². The lowest BCUT2D eigenvalue weighted by Gasteiger charge is -2.22. The molecule has 1 aromatic carbocycles. The van der Waals surface area contributed by atoms with Gasteiger partial charge in [0.05, 0.1) is 25.4 Å². The average Bonchev–Trinajstić information content (AvgIpc) is 2.46. The summed E-state index contributed by atoms with van der Waals surface area (Å²) >= 11 is 0. The van der Waals surface area contributed by atoms with Crippen molar-refractivity contribution in [3.8, 4) is 5.75 Å². The smallest absolute Gasteiger partial charge is 0.340 e. The van der Waals surface area contributed by atoms with E-state index in [2.05, 4.69) is 0 Å². The molecule has 104 valence electrons. The van der Waals surface area contributed by atoms with Gasteiger partial charge < -0.3 is 18.9 Å². The van der Waals surface area contributed by atoms with Gasteiger partial charge in [0.2, 0.25) is 6.29 Å². The van der Waals surface area contributed by atoms with E-state index < -0.39 is 12.3 Å². The molecule has 1 atom stereocenters. The van der Waals surface area contributed by atoms with Crippen LogP contribution in [0.25, 0.3) is 0 Å². The third-order valence-electron chi connectivity index (χ3n) is 2.59. The van der Waals surface area contributed by atoms with Crippen LogP contribution in [0.1, 0.15) is 23.7 Å². The zero-order valence-corrected chi connectivity index (χ0v) is 11.0. The fourth-order valence-electron chi connectivity index (χ4n) is 1.63. The molecule has 0 amide bonds. The van der Waals surface area contributed by atoms with Crippen LogP contribution in [0.3, 0.4) is 0 Å². The summed E-state index contributed by atoms with van der Waals surface area (Å²) in [6.07, 6.45) is 0.334. The number of rotatable bonds is 5. The largest absolute Gasteiger partial charge is 0.494 e. The first-order valence-electron chi connectivity index (χ1n) is 6.43. The van der Waals surface area contributed by atoms with Crippen molar-refractivity contribution in [3.05, 3.63) is 29.8 Å². The van der Waals surface area contributed by atoms with Crippen LogP contribution >= 0.6 is 0 Å². The van der Waals surface area contributed by atoms with Gasteiger partial charge in [0.1, 0.15) is 12.4 Å². The SMILES string of the molecule is CCCOc1ccc(C(=O)OC2COCCO2)cc1. The van der Waals surface area contributed by atoms with E-state index in [9.17, 15) is 4.79 Å². The lowest BCUT2D eigenvalue weighted by Crippen LogP contribution is -2.32. The normalized spacial score (nSPS) is 18.9. The van der Waals surface area contributed by atoms with Gasteiger partial charge in [-0.1, -0.05) is 6.92 Å². The Morgan fingerprint density at radius 3 is 2.74 bits per heavy atom. The Labute approximate surface area is 112 Å². The van der Waals surface area contributed by atoms with E-state index in [1.165, 1.54) is 0 Å². The van der Waals surface area contributed by atoms with Crippen LogP contribution in [0, 0.1) is 0 Å². The molecule has 1 aromatic rings. The van der Waals surface area contributed by atoms with Crippen LogP contribution < -0.4 is 4.74 Å². The van der Waals surface area contributed by atoms with E-state index in [-0.39, 0.29) is 6.61 Å². The molecule has 0 spiro atoms. The van der Waals surface area contributed by atoms with Crippen molar-refractivity contribution in [2.24, 2.45) is 0 Å². The van der Waals surface area contributed by atoms with E-state index in [4.69, 9.17) is 18.9 Å². The van der Waals surface area contributed by atoms with E-state index in [0.29, 0.717) is 25.4 Å². The fourth-order valence-corrected chi connectivity index (χ4v) is 1.63. The number of hydrogen-bond acceptors (Lipinski definition) is 5. The van der Waals surface area contributed by atoms with Crippen molar-refractivity contribution in [3.63, 3.8) is 0 Å². The molecule has 1 fully saturated rings. The molecule has 1 saturated heterocycles. The molecule has 0 aliphatic carbocycles. The third-order valence-corrected chi connectivity index (χ3v) is 2.59. The second-order valence-corrected chi connectivity index (χ2v) is 4.15. The van der Waals surface area contributed by atoms with Crippen molar-refractivity contribution in [2.75, 3.05) is 26.4 Å². The first-order valence-corrected chi connectivity index (χ1v) is 6.43. The van der Waals surface area contributed by atoms with Gasteiger partial charge in [-0.15, -0.1) is 0 Å². The first-order chi connectivity index (χ1) is 9.29. The Kier molecular flexibility index (Phi) is 5.18. The molecule has 1 unspecified atom stereocenters. The minimum absolute atomic E-state index is 0.281. The molecule has 1 aliphatic heterocycles. The summed E-state index contributed by atoms with van der Waals surface area (Å²) < 4.78 is 21.0. The van der Waals surface area contributed by atoms with Crippen LogP contribution in [0.5, 0.6) is 5.75 Å². The third kappa shape index (κ3) is 4.22. The van der Waals surface area contributed by atoms with Gasteiger partial charge >= 0.3 is 5.97 Å². The van der Waals surface area contributed by atoms with Crippen LogP contribution in [0.15, 0.2) is 24.3 Å². The lowest BCUT2D eigenvalue weighted by molar-refractivity contribution is -0.186. The number of hydrogen-bond donors (Lipinski definition) is 0. The van der Waals surface area contributed by atoms with Crippen molar-refractivity contribution in [2.45, 2.75) is 19.6 Å². The first kappa shape index (κ1) is 13.8. The molecule has 5 heteroatoms. The van der Waals surface area contributed by atoms with Gasteiger partial charge in [-0.3, -0.25) is 0 Å². The molecule has 0 N–H and O–H groups in total. The summed E-state index contributed by atoms with van der Waals surface area (Å²) in [6, 6.07) is 6.86. The molecular formula is C14H18O5. The number of carbonyl (C=O) groups excluding carboxylic acids is 1. The van der Waals surface area contributed by atoms with Gasteiger partial charge in [-0.05, 0) is 30.7 Å². The van der Waals surface area contributed by atoms with Crippen LogP contribution in [0.4, 0.5) is 0 Å². The average molecular weight is 266 g/mol. The summed E-state index contributed by atoms with van der Waals surface area (Å²) in [4.78, 5) is 11.8. The van der Waals surface area contributed by atoms with Gasteiger partial charge in [-0.2, -0.15) is 0 Å². The molecular weight excluding hydrogens is 248 g/mol. The minimum Gasteiger partial charge on any atom is -0.494 e. The number of benzene rings is 1. The summed E-state index contributed by atoms with van der Waals surface area (Å²) in [5.41, 5.74) is 0.470. The van der Waals surface area contributed by atoms with Crippen LogP contribution in [0.2, 0.25) is 0 Å². The Balaban J connectivity index is 1.87. The standard InChI is InChI=1S/C14H18O5/c1-2-7-17-12-5-3-11(4-6-12)14(15)19-13-10-16-8-9-18-13/h3-6,13H,2,7-10H2,1H3. The molecule has 19 heavy (non-hydrogen) atoms. The molecule has 1 aliphatic rings. The highest BCUT2D eigenvalue weighted by Crippen LogP contribution is 2.14. The van der Waals surface area contributed by atoms with Gasteiger partial charge in [0, 0.05) is 0 Å². The maximum atomic E-state index is 11.8. The van der Waals surface area contributed by atoms with E-state index in [0.717, 1.165) is 12.2 Å². The predicted octanol–water partition coefficient (Wildman–Crippen LogP) is 2.01. The highest BCUT2D eigenvalue weighted by atomic mass is 16.7. The van der Waals surface area contributed by atoms with Crippen molar-refractivity contribution < 1.29 is 23.7 Å². The highest BCUT2D eigenvalue weighted by molar-refractivity contribution is 5.89. The van der Waals surface area contributed by atoms with E-state index in [1.54, 1.807) is 24.3 Å². The van der Waals surface area contributed by atoms with Crippen LogP contribution in [-0.4, -0.2) is 38.7 Å². The molecule has 0 aromatic heterocycles. The molecule has 1 heterocycles. The fraction of sp³-hybridized carbons (Fsp3) is 0.500. The maximum absolute atomic E-state index is 11.8. The van der Waals surface area contributed by atoms with E-state index in [1.807, 2.05) is 6.92 Å². The predicted molar refractivity (Wildman–Crippen MR) is 68.2 cm³/mol. The zero-order valence-electron chi connectivity index (χ0n) is 11.0. The number of ether oxygens (including phenoxy) is 4. The molecule has 2 rings (SSSR count). The van der Waals surface area contributed by atoms with Crippen LogP contribution in [-0.2, 0) is 14.2 Å².